The lowest BCUT2D eigenvalue weighted by atomic mass is 10.1. The molecule has 1 aromatic carbocycles. The maximum Gasteiger partial charge on any atom is 0.165 e. The van der Waals surface area contributed by atoms with Gasteiger partial charge in [0, 0.05) is 6.42 Å². The van der Waals surface area contributed by atoms with Crippen LogP contribution in [0.3, 0.4) is 0 Å². The molecular weight excluding hydrogens is 274 g/mol. The predicted octanol–water partition coefficient (Wildman–Crippen LogP) is 5.10. The number of Topliss-reactive ketones (excluding diaryl/α,β-unsaturated/α-hetero) is 1. The van der Waals surface area contributed by atoms with Crippen molar-refractivity contribution in [3.05, 3.63) is 35.4 Å². The smallest absolute Gasteiger partial charge is 0.165 e. The standard InChI is InChI=1S/C9H18O.C8H6F2O/c1-2-3-4-5-6-7-8-9-10;1-5(11)8-6(9)3-2-4-7(8)10/h9H,2-8H2,1H3;2-4H,1H3. The third kappa shape index (κ3) is 9.05. The fourth-order valence-corrected chi connectivity index (χ4v) is 1.84. The normalized spacial score (nSPS) is 9.71. The second-order valence-corrected chi connectivity index (χ2v) is 4.88. The van der Waals surface area contributed by atoms with Crippen LogP contribution in [0.5, 0.6) is 0 Å². The molecular formula is C17H24F2O2. The van der Waals surface area contributed by atoms with E-state index in [1.165, 1.54) is 38.2 Å². The van der Waals surface area contributed by atoms with Crippen LogP contribution in [0, 0.1) is 11.6 Å². The summed E-state index contributed by atoms with van der Waals surface area (Å²) in [5.74, 6) is -2.21. The summed E-state index contributed by atoms with van der Waals surface area (Å²) in [6, 6.07) is 3.33. The molecule has 0 bridgehead atoms. The number of unbranched alkanes of at least 4 members (excludes halogenated alkanes) is 6. The van der Waals surface area contributed by atoms with Gasteiger partial charge in [0.15, 0.2) is 5.78 Å². The molecule has 118 valence electrons. The van der Waals surface area contributed by atoms with Crippen molar-refractivity contribution in [1.82, 2.24) is 0 Å². The highest BCUT2D eigenvalue weighted by Gasteiger charge is 2.11. The van der Waals surface area contributed by atoms with Gasteiger partial charge in [-0.25, -0.2) is 8.78 Å². The van der Waals surface area contributed by atoms with Crippen LogP contribution in [0.2, 0.25) is 0 Å². The van der Waals surface area contributed by atoms with E-state index in [1.54, 1.807) is 0 Å². The van der Waals surface area contributed by atoms with Crippen molar-refractivity contribution in [2.75, 3.05) is 0 Å². The van der Waals surface area contributed by atoms with E-state index in [4.69, 9.17) is 0 Å². The molecule has 0 saturated heterocycles. The second kappa shape index (κ2) is 12.2. The van der Waals surface area contributed by atoms with Gasteiger partial charge in [0.05, 0.1) is 5.56 Å². The van der Waals surface area contributed by atoms with Crippen molar-refractivity contribution >= 4 is 12.1 Å². The van der Waals surface area contributed by atoms with E-state index in [2.05, 4.69) is 6.92 Å². The van der Waals surface area contributed by atoms with E-state index in [1.807, 2.05) is 0 Å². The third-order valence-electron chi connectivity index (χ3n) is 2.99. The van der Waals surface area contributed by atoms with E-state index in [9.17, 15) is 18.4 Å². The maximum atomic E-state index is 12.6. The molecule has 0 aliphatic heterocycles. The zero-order valence-corrected chi connectivity index (χ0v) is 12.8. The van der Waals surface area contributed by atoms with Crippen molar-refractivity contribution in [3.8, 4) is 0 Å². The number of hydrogen-bond donors (Lipinski definition) is 0. The average Bonchev–Trinajstić information content (AvgIpc) is 2.43. The van der Waals surface area contributed by atoms with E-state index < -0.39 is 23.0 Å². The van der Waals surface area contributed by atoms with E-state index in [0.29, 0.717) is 0 Å². The molecule has 1 rings (SSSR count). The van der Waals surface area contributed by atoms with Crippen LogP contribution >= 0.6 is 0 Å². The van der Waals surface area contributed by atoms with Gasteiger partial charge in [-0.05, 0) is 25.5 Å². The Hall–Kier alpha value is -1.58. The minimum Gasteiger partial charge on any atom is -0.303 e. The van der Waals surface area contributed by atoms with Gasteiger partial charge in [0.1, 0.15) is 17.9 Å². The first-order chi connectivity index (χ1) is 10.0. The summed E-state index contributed by atoms with van der Waals surface area (Å²) in [4.78, 5) is 20.5. The minimum atomic E-state index is -0.808. The van der Waals surface area contributed by atoms with Gasteiger partial charge < -0.3 is 4.79 Å². The SMILES string of the molecule is CC(=O)c1c(F)cccc1F.CCCCCCCCC=O. The first kappa shape index (κ1) is 19.4. The van der Waals surface area contributed by atoms with Crippen LogP contribution in [0.1, 0.15) is 69.2 Å². The molecule has 0 radical (unpaired) electrons. The van der Waals surface area contributed by atoms with Crippen molar-refractivity contribution in [2.24, 2.45) is 0 Å². The predicted molar refractivity (Wildman–Crippen MR) is 80.4 cm³/mol. The molecule has 4 heteroatoms. The summed E-state index contributed by atoms with van der Waals surface area (Å²) in [6.45, 7) is 3.34. The highest BCUT2D eigenvalue weighted by atomic mass is 19.1. The zero-order chi connectivity index (χ0) is 16.1. The number of ketones is 1. The van der Waals surface area contributed by atoms with Crippen LogP contribution in [0.4, 0.5) is 8.78 Å². The maximum absolute atomic E-state index is 12.6. The summed E-state index contributed by atoms with van der Waals surface area (Å²) in [6.07, 6.45) is 9.39. The number of carbonyl (C=O) groups excluding carboxylic acids is 2. The number of benzene rings is 1. The fourth-order valence-electron chi connectivity index (χ4n) is 1.84. The second-order valence-electron chi connectivity index (χ2n) is 4.88. The van der Waals surface area contributed by atoms with E-state index in [0.717, 1.165) is 38.2 Å². The molecule has 2 nitrogen and oxygen atoms in total. The lowest BCUT2D eigenvalue weighted by Gasteiger charge is -1.97. The first-order valence-electron chi connectivity index (χ1n) is 7.43. The molecule has 0 amide bonds. The molecule has 0 heterocycles. The van der Waals surface area contributed by atoms with Crippen molar-refractivity contribution < 1.29 is 18.4 Å². The summed E-state index contributed by atoms with van der Waals surface area (Å²) in [7, 11) is 0. The summed E-state index contributed by atoms with van der Waals surface area (Å²) in [5, 5.41) is 0. The molecule has 0 aliphatic rings. The van der Waals surface area contributed by atoms with Gasteiger partial charge in [-0.1, -0.05) is 45.1 Å². The Balaban J connectivity index is 0.000000384. The summed E-state index contributed by atoms with van der Waals surface area (Å²) in [5.41, 5.74) is -0.465. The van der Waals surface area contributed by atoms with Crippen LogP contribution in [-0.4, -0.2) is 12.1 Å². The average molecular weight is 298 g/mol. The molecule has 0 aromatic heterocycles. The van der Waals surface area contributed by atoms with Crippen molar-refractivity contribution in [3.63, 3.8) is 0 Å². The Labute approximate surface area is 125 Å². The monoisotopic (exact) mass is 298 g/mol. The number of hydrogen-bond acceptors (Lipinski definition) is 2. The molecule has 0 atom stereocenters. The highest BCUT2D eigenvalue weighted by Crippen LogP contribution is 2.11. The Morgan fingerprint density at radius 1 is 1.05 bits per heavy atom. The van der Waals surface area contributed by atoms with Crippen molar-refractivity contribution in [1.29, 1.82) is 0 Å². The Morgan fingerprint density at radius 2 is 1.57 bits per heavy atom. The van der Waals surface area contributed by atoms with Gasteiger partial charge >= 0.3 is 0 Å². The summed E-state index contributed by atoms with van der Waals surface area (Å²) >= 11 is 0. The van der Waals surface area contributed by atoms with Crippen molar-refractivity contribution in [2.45, 2.75) is 58.8 Å². The zero-order valence-electron chi connectivity index (χ0n) is 12.8. The Kier molecular flexibility index (Phi) is 11.3. The third-order valence-corrected chi connectivity index (χ3v) is 2.99. The lowest BCUT2D eigenvalue weighted by molar-refractivity contribution is -0.107. The number of rotatable bonds is 8. The molecule has 0 unspecified atom stereocenters. The number of aldehydes is 1. The van der Waals surface area contributed by atoms with Gasteiger partial charge in [0.25, 0.3) is 0 Å². The topological polar surface area (TPSA) is 34.1 Å². The Morgan fingerprint density at radius 3 is 2.00 bits per heavy atom. The molecule has 0 fully saturated rings. The molecule has 1 aromatic rings. The number of halogens is 2. The lowest BCUT2D eigenvalue weighted by Crippen LogP contribution is -2.00. The van der Waals surface area contributed by atoms with Gasteiger partial charge in [0.2, 0.25) is 0 Å². The van der Waals surface area contributed by atoms with Crippen LogP contribution in [-0.2, 0) is 4.79 Å². The van der Waals surface area contributed by atoms with E-state index in [-0.39, 0.29) is 0 Å². The van der Waals surface area contributed by atoms with Crippen LogP contribution in [0.25, 0.3) is 0 Å². The van der Waals surface area contributed by atoms with Crippen LogP contribution < -0.4 is 0 Å². The van der Waals surface area contributed by atoms with Gasteiger partial charge in [-0.2, -0.15) is 0 Å². The minimum absolute atomic E-state index is 0.465. The van der Waals surface area contributed by atoms with Gasteiger partial charge in [-0.15, -0.1) is 0 Å². The quantitative estimate of drug-likeness (QED) is 0.380. The summed E-state index contributed by atoms with van der Waals surface area (Å²) < 4.78 is 25.3. The number of carbonyl (C=O) groups is 2. The molecule has 21 heavy (non-hydrogen) atoms. The first-order valence-corrected chi connectivity index (χ1v) is 7.43. The van der Waals surface area contributed by atoms with Crippen LogP contribution in [0.15, 0.2) is 18.2 Å². The fraction of sp³-hybridized carbons (Fsp3) is 0.529. The van der Waals surface area contributed by atoms with Gasteiger partial charge in [-0.3, -0.25) is 4.79 Å². The van der Waals surface area contributed by atoms with E-state index >= 15 is 0 Å². The molecule has 0 aliphatic carbocycles. The molecule has 0 spiro atoms. The Bertz CT molecular complexity index is 411. The highest BCUT2D eigenvalue weighted by molar-refractivity contribution is 5.94. The molecule has 0 N–H and O–H groups in total. The largest absolute Gasteiger partial charge is 0.303 e. The molecule has 0 saturated carbocycles.